The number of hydrogen-bond donors (Lipinski definition) is 1. The van der Waals surface area contributed by atoms with Crippen LogP contribution in [0.15, 0.2) is 24.3 Å². The Kier molecular flexibility index (Phi) is 4.62. The molecule has 0 radical (unpaired) electrons. The number of rotatable bonds is 4. The summed E-state index contributed by atoms with van der Waals surface area (Å²) in [6.45, 7) is 0.903. The number of halogens is 1. The van der Waals surface area contributed by atoms with Crippen molar-refractivity contribution in [2.75, 3.05) is 31.0 Å². The average molecular weight is 302 g/mol. The van der Waals surface area contributed by atoms with Crippen LogP contribution in [-0.4, -0.2) is 44.6 Å². The highest BCUT2D eigenvalue weighted by molar-refractivity contribution is 7.90. The normalized spacial score (nSPS) is 18.1. The molecule has 0 unspecified atom stereocenters. The van der Waals surface area contributed by atoms with Gasteiger partial charge in [-0.05, 0) is 43.0 Å². The van der Waals surface area contributed by atoms with E-state index < -0.39 is 16.0 Å². The fourth-order valence-corrected chi connectivity index (χ4v) is 3.69. The third-order valence-corrected chi connectivity index (χ3v) is 5.62. The lowest BCUT2D eigenvalue weighted by atomic mass is 10.00. The summed E-state index contributed by atoms with van der Waals surface area (Å²) in [5.74, 6) is -0.221. The summed E-state index contributed by atoms with van der Waals surface area (Å²) in [5, 5.41) is 9.08. The van der Waals surface area contributed by atoms with E-state index in [9.17, 15) is 12.8 Å². The molecule has 0 bridgehead atoms. The van der Waals surface area contributed by atoms with Gasteiger partial charge in [-0.15, -0.1) is 0 Å². The van der Waals surface area contributed by atoms with Crippen LogP contribution in [0.1, 0.15) is 12.8 Å². The van der Waals surface area contributed by atoms with E-state index in [-0.39, 0.29) is 12.5 Å². The van der Waals surface area contributed by atoms with Gasteiger partial charge in [-0.1, -0.05) is 0 Å². The zero-order chi connectivity index (χ0) is 14.8. The molecule has 1 saturated heterocycles. The third kappa shape index (κ3) is 3.11. The zero-order valence-electron chi connectivity index (χ0n) is 11.4. The van der Waals surface area contributed by atoms with Crippen molar-refractivity contribution >= 4 is 15.9 Å². The SMILES string of the molecule is CN(c1ccc(F)cc1)S(=O)(=O)N1CCC(CO)CC1. The number of hydrogen-bond acceptors (Lipinski definition) is 3. The lowest BCUT2D eigenvalue weighted by molar-refractivity contribution is 0.170. The maximum absolute atomic E-state index is 12.9. The molecule has 1 aromatic carbocycles. The van der Waals surface area contributed by atoms with Gasteiger partial charge in [0.15, 0.2) is 0 Å². The van der Waals surface area contributed by atoms with Crippen molar-refractivity contribution in [2.45, 2.75) is 12.8 Å². The summed E-state index contributed by atoms with van der Waals surface area (Å²) >= 11 is 0. The highest BCUT2D eigenvalue weighted by atomic mass is 32.2. The Hall–Kier alpha value is -1.18. The Morgan fingerprint density at radius 1 is 1.30 bits per heavy atom. The second kappa shape index (κ2) is 6.07. The number of nitrogens with zero attached hydrogens (tertiary/aromatic N) is 2. The van der Waals surface area contributed by atoms with Gasteiger partial charge in [0.2, 0.25) is 0 Å². The minimum atomic E-state index is -3.60. The molecule has 1 fully saturated rings. The summed E-state index contributed by atoms with van der Waals surface area (Å²) in [7, 11) is -2.14. The molecule has 112 valence electrons. The van der Waals surface area contributed by atoms with Crippen LogP contribution in [0.2, 0.25) is 0 Å². The van der Waals surface area contributed by atoms with Gasteiger partial charge in [0, 0.05) is 26.7 Å². The van der Waals surface area contributed by atoms with Crippen LogP contribution in [0.5, 0.6) is 0 Å². The molecule has 1 heterocycles. The molecule has 0 atom stereocenters. The first kappa shape index (κ1) is 15.2. The largest absolute Gasteiger partial charge is 0.396 e. The van der Waals surface area contributed by atoms with Crippen LogP contribution in [-0.2, 0) is 10.2 Å². The predicted molar refractivity (Wildman–Crippen MR) is 75.1 cm³/mol. The van der Waals surface area contributed by atoms with Crippen molar-refractivity contribution in [1.82, 2.24) is 4.31 Å². The first-order valence-corrected chi connectivity index (χ1v) is 7.95. The van der Waals surface area contributed by atoms with Crippen molar-refractivity contribution in [1.29, 1.82) is 0 Å². The summed E-state index contributed by atoms with van der Waals surface area (Å²) in [5.41, 5.74) is 0.427. The lowest BCUT2D eigenvalue weighted by Gasteiger charge is -2.33. The number of aliphatic hydroxyl groups is 1. The molecule has 20 heavy (non-hydrogen) atoms. The molecule has 0 amide bonds. The van der Waals surface area contributed by atoms with E-state index in [1.165, 1.54) is 35.6 Å². The molecule has 1 aliphatic heterocycles. The van der Waals surface area contributed by atoms with E-state index in [1.54, 1.807) is 0 Å². The van der Waals surface area contributed by atoms with E-state index in [0.29, 0.717) is 31.6 Å². The highest BCUT2D eigenvalue weighted by Gasteiger charge is 2.31. The van der Waals surface area contributed by atoms with E-state index in [0.717, 1.165) is 4.31 Å². The number of piperidine rings is 1. The Morgan fingerprint density at radius 2 is 1.85 bits per heavy atom. The van der Waals surface area contributed by atoms with Gasteiger partial charge in [-0.25, -0.2) is 4.39 Å². The van der Waals surface area contributed by atoms with Gasteiger partial charge in [-0.2, -0.15) is 12.7 Å². The van der Waals surface area contributed by atoms with Crippen LogP contribution < -0.4 is 4.31 Å². The number of benzene rings is 1. The second-order valence-corrected chi connectivity index (χ2v) is 6.94. The van der Waals surface area contributed by atoms with Crippen molar-refractivity contribution in [3.8, 4) is 0 Å². The van der Waals surface area contributed by atoms with Crippen molar-refractivity contribution < 1.29 is 17.9 Å². The Morgan fingerprint density at radius 3 is 2.35 bits per heavy atom. The minimum Gasteiger partial charge on any atom is -0.396 e. The fraction of sp³-hybridized carbons (Fsp3) is 0.538. The second-order valence-electron chi connectivity index (χ2n) is 4.98. The molecule has 2 rings (SSSR count). The van der Waals surface area contributed by atoms with Gasteiger partial charge < -0.3 is 5.11 Å². The van der Waals surface area contributed by atoms with Gasteiger partial charge in [-0.3, -0.25) is 4.31 Å². The standard InChI is InChI=1S/C13H19FN2O3S/c1-15(13-4-2-12(14)3-5-13)20(18,19)16-8-6-11(10-17)7-9-16/h2-5,11,17H,6-10H2,1H3. The van der Waals surface area contributed by atoms with E-state index in [2.05, 4.69) is 0 Å². The molecule has 1 aromatic rings. The van der Waals surface area contributed by atoms with Crippen molar-refractivity contribution in [3.63, 3.8) is 0 Å². The molecule has 5 nitrogen and oxygen atoms in total. The Balaban J connectivity index is 2.12. The smallest absolute Gasteiger partial charge is 0.303 e. The Labute approximate surface area is 118 Å². The quantitative estimate of drug-likeness (QED) is 0.909. The van der Waals surface area contributed by atoms with E-state index in [4.69, 9.17) is 5.11 Å². The molecular formula is C13H19FN2O3S. The lowest BCUT2D eigenvalue weighted by Crippen LogP contribution is -2.46. The average Bonchev–Trinajstić information content (AvgIpc) is 2.47. The summed E-state index contributed by atoms with van der Waals surface area (Å²) < 4.78 is 40.4. The topological polar surface area (TPSA) is 60.9 Å². The molecule has 7 heteroatoms. The molecule has 1 N–H and O–H groups in total. The van der Waals surface area contributed by atoms with E-state index in [1.807, 2.05) is 0 Å². The Bertz CT molecular complexity index is 539. The van der Waals surface area contributed by atoms with Gasteiger partial charge >= 0.3 is 10.2 Å². The molecule has 1 aliphatic rings. The summed E-state index contributed by atoms with van der Waals surface area (Å²) in [4.78, 5) is 0. The molecular weight excluding hydrogens is 283 g/mol. The molecule has 0 spiro atoms. The highest BCUT2D eigenvalue weighted by Crippen LogP contribution is 2.24. The minimum absolute atomic E-state index is 0.0989. The van der Waals surface area contributed by atoms with Crippen molar-refractivity contribution in [3.05, 3.63) is 30.1 Å². The zero-order valence-corrected chi connectivity index (χ0v) is 12.2. The first-order chi connectivity index (χ1) is 9.45. The fourth-order valence-electron chi connectivity index (χ4n) is 2.28. The number of anilines is 1. The maximum atomic E-state index is 12.9. The molecule has 0 saturated carbocycles. The predicted octanol–water partition coefficient (Wildman–Crippen LogP) is 1.21. The monoisotopic (exact) mass is 302 g/mol. The molecule has 0 aliphatic carbocycles. The van der Waals surface area contributed by atoms with Crippen LogP contribution in [0.25, 0.3) is 0 Å². The van der Waals surface area contributed by atoms with Crippen molar-refractivity contribution in [2.24, 2.45) is 5.92 Å². The maximum Gasteiger partial charge on any atom is 0.303 e. The number of aliphatic hydroxyl groups excluding tert-OH is 1. The van der Waals surface area contributed by atoms with Crippen LogP contribution >= 0.6 is 0 Å². The van der Waals surface area contributed by atoms with E-state index >= 15 is 0 Å². The summed E-state index contributed by atoms with van der Waals surface area (Å²) in [6.07, 6.45) is 1.32. The first-order valence-electron chi connectivity index (χ1n) is 6.55. The van der Waals surface area contributed by atoms with Crippen LogP contribution in [0, 0.1) is 11.7 Å². The van der Waals surface area contributed by atoms with Gasteiger partial charge in [0.1, 0.15) is 5.82 Å². The van der Waals surface area contributed by atoms with Crippen LogP contribution in [0.3, 0.4) is 0 Å². The van der Waals surface area contributed by atoms with Gasteiger partial charge in [0.25, 0.3) is 0 Å². The summed E-state index contributed by atoms with van der Waals surface area (Å²) in [6, 6.07) is 5.35. The molecule has 0 aromatic heterocycles. The third-order valence-electron chi connectivity index (χ3n) is 3.69. The van der Waals surface area contributed by atoms with Gasteiger partial charge in [0.05, 0.1) is 5.69 Å². The van der Waals surface area contributed by atoms with Crippen LogP contribution in [0.4, 0.5) is 10.1 Å².